The number of benzene rings is 2. The van der Waals surface area contributed by atoms with E-state index in [1.807, 2.05) is 0 Å². The second kappa shape index (κ2) is 6.98. The van der Waals surface area contributed by atoms with Crippen molar-refractivity contribution in [3.05, 3.63) is 64.4 Å². The molecule has 0 saturated heterocycles. The second-order valence-corrected chi connectivity index (χ2v) is 5.37. The van der Waals surface area contributed by atoms with Crippen LogP contribution in [0.3, 0.4) is 0 Å². The maximum Gasteiger partial charge on any atom is 0.339 e. The Bertz CT molecular complexity index is 1010. The van der Waals surface area contributed by atoms with Crippen molar-refractivity contribution in [2.75, 3.05) is 12.4 Å². The molecule has 8 heteroatoms. The van der Waals surface area contributed by atoms with E-state index in [9.17, 15) is 14.7 Å². The van der Waals surface area contributed by atoms with Crippen LogP contribution in [0.2, 0.25) is 0 Å². The van der Waals surface area contributed by atoms with Gasteiger partial charge in [-0.1, -0.05) is 0 Å². The summed E-state index contributed by atoms with van der Waals surface area (Å²) >= 11 is 0. The van der Waals surface area contributed by atoms with Gasteiger partial charge in [0, 0.05) is 17.3 Å². The topological polar surface area (TPSA) is 125 Å². The summed E-state index contributed by atoms with van der Waals surface area (Å²) in [6, 6.07) is 12.4. The van der Waals surface area contributed by atoms with Crippen molar-refractivity contribution in [3.63, 3.8) is 0 Å². The number of anilines is 2. The Morgan fingerprint density at radius 1 is 1.15 bits per heavy atom. The first-order valence-corrected chi connectivity index (χ1v) is 7.55. The Morgan fingerprint density at radius 3 is 2.54 bits per heavy atom. The molecule has 2 aromatic carbocycles. The Hall–Kier alpha value is -3.81. The third-order valence-corrected chi connectivity index (χ3v) is 3.62. The fourth-order valence-corrected chi connectivity index (χ4v) is 2.35. The highest BCUT2D eigenvalue weighted by Gasteiger charge is 2.11. The zero-order valence-electron chi connectivity index (χ0n) is 13.7. The van der Waals surface area contributed by atoms with E-state index in [4.69, 9.17) is 9.84 Å². The molecular formula is C18H15N3O5. The van der Waals surface area contributed by atoms with Gasteiger partial charge < -0.3 is 20.3 Å². The number of ether oxygens (including phenoxy) is 1. The first-order valence-electron chi connectivity index (χ1n) is 7.55. The Kier molecular flexibility index (Phi) is 4.57. The van der Waals surface area contributed by atoms with Crippen molar-refractivity contribution in [2.24, 2.45) is 0 Å². The number of hydrogen-bond donors (Lipinski definition) is 4. The Labute approximate surface area is 147 Å². The van der Waals surface area contributed by atoms with Crippen LogP contribution >= 0.6 is 0 Å². The molecule has 0 aliphatic heterocycles. The number of nitrogens with zero attached hydrogens (tertiary/aromatic N) is 1. The molecule has 8 nitrogen and oxygen atoms in total. The predicted octanol–water partition coefficient (Wildman–Crippen LogP) is 2.59. The average molecular weight is 353 g/mol. The highest BCUT2D eigenvalue weighted by molar-refractivity contribution is 5.92. The van der Waals surface area contributed by atoms with Gasteiger partial charge in [0.15, 0.2) is 0 Å². The van der Waals surface area contributed by atoms with Gasteiger partial charge in [0.1, 0.15) is 17.1 Å². The Balaban J connectivity index is 1.94. The molecule has 132 valence electrons. The molecule has 1 heterocycles. The van der Waals surface area contributed by atoms with Gasteiger partial charge in [-0.3, -0.25) is 9.78 Å². The van der Waals surface area contributed by atoms with Crippen LogP contribution in [0.15, 0.2) is 53.3 Å². The van der Waals surface area contributed by atoms with E-state index >= 15 is 0 Å². The van der Waals surface area contributed by atoms with E-state index in [0.29, 0.717) is 17.1 Å². The number of H-pyrrole nitrogens is 1. The molecule has 0 amide bonds. The lowest BCUT2D eigenvalue weighted by Crippen LogP contribution is -2.10. The normalized spacial score (nSPS) is 10.3. The summed E-state index contributed by atoms with van der Waals surface area (Å²) in [5, 5.41) is 21.5. The molecule has 0 saturated carbocycles. The number of methoxy groups -OCH3 is 1. The molecule has 0 unspecified atom stereocenters. The van der Waals surface area contributed by atoms with Gasteiger partial charge in [-0.15, -0.1) is 0 Å². The zero-order chi connectivity index (χ0) is 18.7. The summed E-state index contributed by atoms with van der Waals surface area (Å²) in [5.74, 6) is -0.788. The largest absolute Gasteiger partial charge is 0.507 e. The smallest absolute Gasteiger partial charge is 0.339 e. The van der Waals surface area contributed by atoms with Gasteiger partial charge in [0.25, 0.3) is 5.56 Å². The van der Waals surface area contributed by atoms with Crippen LogP contribution in [0.1, 0.15) is 10.4 Å². The van der Waals surface area contributed by atoms with Crippen molar-refractivity contribution in [2.45, 2.75) is 0 Å². The number of aromatic nitrogens is 2. The fraction of sp³-hybridized carbons (Fsp3) is 0.0556. The van der Waals surface area contributed by atoms with Gasteiger partial charge in [0.2, 0.25) is 5.95 Å². The molecule has 1 aromatic heterocycles. The summed E-state index contributed by atoms with van der Waals surface area (Å²) < 4.78 is 5.10. The number of rotatable bonds is 5. The van der Waals surface area contributed by atoms with E-state index in [-0.39, 0.29) is 22.8 Å². The maximum absolute atomic E-state index is 11.9. The second-order valence-electron chi connectivity index (χ2n) is 5.37. The zero-order valence-corrected chi connectivity index (χ0v) is 13.7. The van der Waals surface area contributed by atoms with Gasteiger partial charge in [-0.05, 0) is 42.5 Å². The molecule has 3 aromatic rings. The van der Waals surface area contributed by atoms with Crippen LogP contribution in [-0.2, 0) is 0 Å². The molecule has 0 fully saturated rings. The van der Waals surface area contributed by atoms with Crippen LogP contribution in [-0.4, -0.2) is 33.3 Å². The maximum atomic E-state index is 11.9. The third-order valence-electron chi connectivity index (χ3n) is 3.62. The third kappa shape index (κ3) is 3.64. The van der Waals surface area contributed by atoms with Crippen molar-refractivity contribution in [3.8, 4) is 22.8 Å². The molecule has 0 spiro atoms. The standard InChI is InChI=1S/C18H15N3O5/c1-26-12-5-2-10(3-6-12)14-9-16(23)21-18(20-14)19-11-4-7-15(22)13(8-11)17(24)25/h2-9,22H,1H3,(H,24,25)(H2,19,20,21,23). The van der Waals surface area contributed by atoms with Gasteiger partial charge in [-0.25, -0.2) is 9.78 Å². The molecule has 0 radical (unpaired) electrons. The first-order chi connectivity index (χ1) is 12.5. The summed E-state index contributed by atoms with van der Waals surface area (Å²) in [6.07, 6.45) is 0. The van der Waals surface area contributed by atoms with E-state index in [2.05, 4.69) is 15.3 Å². The Morgan fingerprint density at radius 2 is 1.88 bits per heavy atom. The quantitative estimate of drug-likeness (QED) is 0.520. The molecule has 0 aliphatic carbocycles. The molecule has 0 atom stereocenters. The fourth-order valence-electron chi connectivity index (χ4n) is 2.35. The summed E-state index contributed by atoms with van der Waals surface area (Å²) in [5.41, 5.74) is 0.887. The van der Waals surface area contributed by atoms with Crippen molar-refractivity contribution >= 4 is 17.6 Å². The number of carboxylic acids is 1. The SMILES string of the molecule is COc1ccc(-c2cc(=O)[nH]c(Nc3ccc(O)c(C(=O)O)c3)n2)cc1. The minimum Gasteiger partial charge on any atom is -0.507 e. The van der Waals surface area contributed by atoms with Crippen molar-refractivity contribution in [1.29, 1.82) is 0 Å². The number of carboxylic acid groups (broad SMARTS) is 1. The van der Waals surface area contributed by atoms with Crippen molar-refractivity contribution < 1.29 is 19.7 Å². The lowest BCUT2D eigenvalue weighted by Gasteiger charge is -2.09. The molecule has 0 aliphatic rings. The minimum absolute atomic E-state index is 0.144. The van der Waals surface area contributed by atoms with Gasteiger partial charge >= 0.3 is 5.97 Å². The first kappa shape index (κ1) is 17.0. The van der Waals surface area contributed by atoms with Gasteiger partial charge in [-0.2, -0.15) is 0 Å². The molecule has 3 rings (SSSR count). The number of aromatic hydroxyl groups is 1. The molecular weight excluding hydrogens is 338 g/mol. The predicted molar refractivity (Wildman–Crippen MR) is 95.2 cm³/mol. The number of carbonyl (C=O) groups is 1. The van der Waals surface area contributed by atoms with Crippen LogP contribution < -0.4 is 15.6 Å². The van der Waals surface area contributed by atoms with Crippen LogP contribution in [0.4, 0.5) is 11.6 Å². The lowest BCUT2D eigenvalue weighted by atomic mass is 10.1. The lowest BCUT2D eigenvalue weighted by molar-refractivity contribution is 0.0694. The van der Waals surface area contributed by atoms with E-state index in [1.165, 1.54) is 24.3 Å². The molecule has 4 N–H and O–H groups in total. The summed E-state index contributed by atoms with van der Waals surface area (Å²) in [6.45, 7) is 0. The van der Waals surface area contributed by atoms with E-state index in [1.54, 1.807) is 31.4 Å². The highest BCUT2D eigenvalue weighted by atomic mass is 16.5. The number of hydrogen-bond acceptors (Lipinski definition) is 6. The number of aromatic amines is 1. The number of phenols is 1. The van der Waals surface area contributed by atoms with Crippen molar-refractivity contribution in [1.82, 2.24) is 9.97 Å². The average Bonchev–Trinajstić information content (AvgIpc) is 2.62. The van der Waals surface area contributed by atoms with E-state index in [0.717, 1.165) is 5.56 Å². The number of nitrogens with one attached hydrogen (secondary N) is 2. The molecule has 26 heavy (non-hydrogen) atoms. The highest BCUT2D eigenvalue weighted by Crippen LogP contribution is 2.24. The van der Waals surface area contributed by atoms with Crippen LogP contribution in [0.25, 0.3) is 11.3 Å². The summed E-state index contributed by atoms with van der Waals surface area (Å²) in [4.78, 5) is 29.9. The van der Waals surface area contributed by atoms with Crippen LogP contribution in [0.5, 0.6) is 11.5 Å². The van der Waals surface area contributed by atoms with Crippen LogP contribution in [0, 0.1) is 0 Å². The molecule has 0 bridgehead atoms. The monoisotopic (exact) mass is 353 g/mol. The number of aromatic carboxylic acids is 1. The van der Waals surface area contributed by atoms with Gasteiger partial charge in [0.05, 0.1) is 12.8 Å². The minimum atomic E-state index is -1.26. The summed E-state index contributed by atoms with van der Waals surface area (Å²) in [7, 11) is 1.56. The van der Waals surface area contributed by atoms with E-state index < -0.39 is 5.97 Å².